The summed E-state index contributed by atoms with van der Waals surface area (Å²) in [6.07, 6.45) is 10.1. The molecule has 0 bridgehead atoms. The van der Waals surface area contributed by atoms with Gasteiger partial charge in [-0.3, -0.25) is 0 Å². The van der Waals surface area contributed by atoms with Crippen LogP contribution in [0.2, 0.25) is 0 Å². The first-order valence-corrected chi connectivity index (χ1v) is 12.1. The van der Waals surface area contributed by atoms with Crippen LogP contribution in [0.1, 0.15) is 85.1 Å². The highest BCUT2D eigenvalue weighted by Gasteiger charge is 2.55. The van der Waals surface area contributed by atoms with E-state index in [2.05, 4.69) is 77.6 Å². The van der Waals surface area contributed by atoms with E-state index in [0.717, 1.165) is 31.6 Å². The molecule has 3 unspecified atom stereocenters. The van der Waals surface area contributed by atoms with E-state index >= 15 is 0 Å². The molecule has 1 heteroatoms. The molecule has 1 aromatic carbocycles. The summed E-state index contributed by atoms with van der Waals surface area (Å²) >= 11 is 0. The third-order valence-corrected chi connectivity index (χ3v) is 8.68. The van der Waals surface area contributed by atoms with Gasteiger partial charge in [0.15, 0.2) is 0 Å². The molecular formula is C28H44O. The molecule has 0 spiro atoms. The van der Waals surface area contributed by atoms with Gasteiger partial charge in [-0.05, 0) is 85.0 Å². The Labute approximate surface area is 180 Å². The van der Waals surface area contributed by atoms with Crippen molar-refractivity contribution in [3.05, 3.63) is 48.6 Å². The minimum Gasteiger partial charge on any atom is -0.389 e. The monoisotopic (exact) mass is 396 g/mol. The highest BCUT2D eigenvalue weighted by molar-refractivity contribution is 5.27. The van der Waals surface area contributed by atoms with Crippen molar-refractivity contribution >= 4 is 0 Å². The van der Waals surface area contributed by atoms with Gasteiger partial charge in [0.1, 0.15) is 0 Å². The summed E-state index contributed by atoms with van der Waals surface area (Å²) in [6.45, 7) is 15.9. The third kappa shape index (κ3) is 4.50. The minimum atomic E-state index is -0.569. The van der Waals surface area contributed by atoms with E-state index in [9.17, 15) is 5.11 Å². The van der Waals surface area contributed by atoms with E-state index in [4.69, 9.17) is 0 Å². The second-order valence-corrected chi connectivity index (χ2v) is 11.2. The molecule has 1 aromatic rings. The molecule has 0 amide bonds. The maximum atomic E-state index is 12.5. The van der Waals surface area contributed by atoms with Crippen molar-refractivity contribution in [3.8, 4) is 0 Å². The number of rotatable bonds is 6. The lowest BCUT2D eigenvalue weighted by Crippen LogP contribution is -2.58. The van der Waals surface area contributed by atoms with E-state index < -0.39 is 5.60 Å². The first-order chi connectivity index (χ1) is 13.7. The van der Waals surface area contributed by atoms with Crippen LogP contribution in [0.5, 0.6) is 0 Å². The molecule has 162 valence electrons. The molecule has 6 atom stereocenters. The van der Waals surface area contributed by atoms with Gasteiger partial charge in [0.05, 0.1) is 5.60 Å². The maximum Gasteiger partial charge on any atom is 0.0715 e. The van der Waals surface area contributed by atoms with Gasteiger partial charge in [0.25, 0.3) is 0 Å². The molecular weight excluding hydrogens is 352 g/mol. The van der Waals surface area contributed by atoms with Gasteiger partial charge in [-0.1, -0.05) is 77.4 Å². The van der Waals surface area contributed by atoms with E-state index in [1.54, 1.807) is 0 Å². The average Bonchev–Trinajstić information content (AvgIpc) is 2.70. The van der Waals surface area contributed by atoms with Crippen LogP contribution in [0.4, 0.5) is 0 Å². The van der Waals surface area contributed by atoms with E-state index in [-0.39, 0.29) is 11.3 Å². The molecule has 2 saturated carbocycles. The SMILES string of the molecule is C=CC[C@H]1CC[C@](O)(C2CC(C)CCC2C(C)C)[C@@H](C(C)(C)c2ccccc2)C1. The molecule has 0 heterocycles. The van der Waals surface area contributed by atoms with Gasteiger partial charge in [-0.15, -0.1) is 6.58 Å². The number of aliphatic hydroxyl groups is 1. The highest BCUT2D eigenvalue weighted by Crippen LogP contribution is 2.56. The Morgan fingerprint density at radius 1 is 1.14 bits per heavy atom. The summed E-state index contributed by atoms with van der Waals surface area (Å²) in [6, 6.07) is 10.9. The molecule has 3 rings (SSSR count). The largest absolute Gasteiger partial charge is 0.389 e. The Morgan fingerprint density at radius 3 is 2.45 bits per heavy atom. The van der Waals surface area contributed by atoms with Crippen molar-refractivity contribution in [2.24, 2.45) is 35.5 Å². The maximum absolute atomic E-state index is 12.5. The molecule has 0 saturated heterocycles. The number of hydrogen-bond donors (Lipinski definition) is 1. The summed E-state index contributed by atoms with van der Waals surface area (Å²) in [4.78, 5) is 0. The quantitative estimate of drug-likeness (QED) is 0.497. The predicted molar refractivity (Wildman–Crippen MR) is 125 cm³/mol. The first-order valence-electron chi connectivity index (χ1n) is 12.1. The van der Waals surface area contributed by atoms with Crippen LogP contribution in [-0.4, -0.2) is 10.7 Å². The fraction of sp³-hybridized carbons (Fsp3) is 0.714. The summed E-state index contributed by atoms with van der Waals surface area (Å²) < 4.78 is 0. The molecule has 0 aromatic heterocycles. The Hall–Kier alpha value is -1.08. The van der Waals surface area contributed by atoms with Gasteiger partial charge >= 0.3 is 0 Å². The molecule has 0 radical (unpaired) electrons. The minimum absolute atomic E-state index is 0.0436. The van der Waals surface area contributed by atoms with Gasteiger partial charge in [0, 0.05) is 0 Å². The number of hydrogen-bond acceptors (Lipinski definition) is 1. The van der Waals surface area contributed by atoms with Gasteiger partial charge in [-0.2, -0.15) is 0 Å². The van der Waals surface area contributed by atoms with Crippen LogP contribution >= 0.6 is 0 Å². The highest BCUT2D eigenvalue weighted by atomic mass is 16.3. The lowest BCUT2D eigenvalue weighted by Gasteiger charge is -2.57. The normalized spacial score (nSPS) is 36.2. The summed E-state index contributed by atoms with van der Waals surface area (Å²) in [5.41, 5.74) is 0.756. The number of allylic oxidation sites excluding steroid dienone is 1. The second-order valence-electron chi connectivity index (χ2n) is 11.2. The van der Waals surface area contributed by atoms with Crippen LogP contribution in [0.15, 0.2) is 43.0 Å². The molecule has 0 aliphatic heterocycles. The molecule has 2 aliphatic rings. The lowest BCUT2D eigenvalue weighted by molar-refractivity contribution is -0.158. The standard InChI is InChI=1S/C28H44O/c1-7-11-22-16-17-28(29,25-18-21(4)14-15-24(25)20(2)3)26(19-22)27(5,6)23-12-9-8-10-13-23/h7-10,12-13,20-22,24-26,29H,1,11,14-19H2,2-6H3/t21?,22-,24?,25?,26+,28-/m0/s1. The van der Waals surface area contributed by atoms with Crippen LogP contribution in [0.3, 0.4) is 0 Å². The molecule has 2 fully saturated rings. The Morgan fingerprint density at radius 2 is 1.83 bits per heavy atom. The first kappa shape index (κ1) is 22.6. The second kappa shape index (κ2) is 8.96. The van der Waals surface area contributed by atoms with Crippen molar-refractivity contribution in [1.82, 2.24) is 0 Å². The summed E-state index contributed by atoms with van der Waals surface area (Å²) in [7, 11) is 0. The van der Waals surface area contributed by atoms with E-state index in [0.29, 0.717) is 23.7 Å². The summed E-state index contributed by atoms with van der Waals surface area (Å²) in [5, 5.41) is 12.5. The smallest absolute Gasteiger partial charge is 0.0715 e. The fourth-order valence-corrected chi connectivity index (χ4v) is 6.92. The van der Waals surface area contributed by atoms with Crippen LogP contribution < -0.4 is 0 Å². The van der Waals surface area contributed by atoms with Gasteiger partial charge < -0.3 is 5.11 Å². The zero-order valence-corrected chi connectivity index (χ0v) is 19.5. The van der Waals surface area contributed by atoms with Crippen molar-refractivity contribution in [2.75, 3.05) is 0 Å². The zero-order chi connectivity index (χ0) is 21.2. The van der Waals surface area contributed by atoms with Gasteiger partial charge in [0.2, 0.25) is 0 Å². The Bertz CT molecular complexity index is 660. The van der Waals surface area contributed by atoms with Crippen LogP contribution in [0, 0.1) is 35.5 Å². The van der Waals surface area contributed by atoms with Crippen molar-refractivity contribution in [1.29, 1.82) is 0 Å². The molecule has 29 heavy (non-hydrogen) atoms. The molecule has 1 nitrogen and oxygen atoms in total. The van der Waals surface area contributed by atoms with Crippen molar-refractivity contribution in [3.63, 3.8) is 0 Å². The molecule has 2 aliphatic carbocycles. The predicted octanol–water partition coefficient (Wildman–Crippen LogP) is 7.40. The van der Waals surface area contributed by atoms with Gasteiger partial charge in [-0.25, -0.2) is 0 Å². The Kier molecular flexibility index (Phi) is 6.99. The lowest BCUT2D eigenvalue weighted by atomic mass is 9.50. The summed E-state index contributed by atoms with van der Waals surface area (Å²) in [5.74, 6) is 3.37. The Balaban J connectivity index is 2.02. The van der Waals surface area contributed by atoms with Crippen molar-refractivity contribution < 1.29 is 5.11 Å². The fourth-order valence-electron chi connectivity index (χ4n) is 6.92. The zero-order valence-electron chi connectivity index (χ0n) is 19.5. The number of benzene rings is 1. The van der Waals surface area contributed by atoms with E-state index in [1.807, 2.05) is 0 Å². The third-order valence-electron chi connectivity index (χ3n) is 8.68. The van der Waals surface area contributed by atoms with E-state index in [1.165, 1.54) is 24.8 Å². The van der Waals surface area contributed by atoms with Crippen LogP contribution in [0.25, 0.3) is 0 Å². The van der Waals surface area contributed by atoms with Crippen LogP contribution in [-0.2, 0) is 5.41 Å². The van der Waals surface area contributed by atoms with Crippen molar-refractivity contribution in [2.45, 2.75) is 90.6 Å². The topological polar surface area (TPSA) is 20.2 Å². The average molecular weight is 397 g/mol. The molecule has 1 N–H and O–H groups in total.